The summed E-state index contributed by atoms with van der Waals surface area (Å²) >= 11 is 1.42. The first kappa shape index (κ1) is 24.9. The van der Waals surface area contributed by atoms with Crippen LogP contribution >= 0.6 is 11.3 Å². The molecule has 0 saturated heterocycles. The first-order valence-corrected chi connectivity index (χ1v) is 12.0. The SMILES string of the molecule is CCC(CC)C(=O)N(Cc1cc(NC(=O)c2cccs2)ccc1N(C)C)[C@H](C)C(C)C. The van der Waals surface area contributed by atoms with Crippen LogP contribution in [-0.4, -0.2) is 36.9 Å². The summed E-state index contributed by atoms with van der Waals surface area (Å²) in [5.41, 5.74) is 2.82. The molecule has 1 N–H and O–H groups in total. The van der Waals surface area contributed by atoms with Gasteiger partial charge in [0.05, 0.1) is 4.88 Å². The number of hydrogen-bond donors (Lipinski definition) is 1. The van der Waals surface area contributed by atoms with Crippen molar-refractivity contribution in [3.05, 3.63) is 46.2 Å². The largest absolute Gasteiger partial charge is 0.377 e. The maximum Gasteiger partial charge on any atom is 0.265 e. The highest BCUT2D eigenvalue weighted by Gasteiger charge is 2.28. The lowest BCUT2D eigenvalue weighted by Crippen LogP contribution is -2.44. The number of rotatable bonds is 10. The molecule has 0 spiro atoms. The third-order valence-corrected chi connectivity index (χ3v) is 6.85. The van der Waals surface area contributed by atoms with Crippen molar-refractivity contribution in [3.63, 3.8) is 0 Å². The first-order chi connectivity index (χ1) is 14.7. The number of nitrogens with zero attached hydrogens (tertiary/aromatic N) is 2. The van der Waals surface area contributed by atoms with Gasteiger partial charge >= 0.3 is 0 Å². The Bertz CT molecular complexity index is 858. The van der Waals surface area contributed by atoms with Crippen LogP contribution in [0.1, 0.15) is 62.7 Å². The molecule has 0 aliphatic carbocycles. The lowest BCUT2D eigenvalue weighted by molar-refractivity contribution is -0.139. The predicted molar refractivity (Wildman–Crippen MR) is 132 cm³/mol. The monoisotopic (exact) mass is 443 g/mol. The van der Waals surface area contributed by atoms with Gasteiger partial charge in [0.2, 0.25) is 5.91 Å². The number of carbonyl (C=O) groups excluding carboxylic acids is 2. The molecule has 0 aliphatic rings. The smallest absolute Gasteiger partial charge is 0.265 e. The molecule has 0 fully saturated rings. The lowest BCUT2D eigenvalue weighted by atomic mass is 9.97. The number of benzene rings is 1. The maximum absolute atomic E-state index is 13.4. The summed E-state index contributed by atoms with van der Waals surface area (Å²) in [4.78, 5) is 30.7. The van der Waals surface area contributed by atoms with Crippen molar-refractivity contribution in [1.29, 1.82) is 0 Å². The Kier molecular flexibility index (Phi) is 9.11. The molecular formula is C25H37N3O2S. The standard InChI is InChI=1S/C25H37N3O2S/c1-8-19(9-2)25(30)28(18(5)17(3)4)16-20-15-21(12-13-22(20)27(6)7)26-24(29)23-11-10-14-31-23/h10-15,17-19H,8-9,16H2,1-7H3,(H,26,29)/t18-/m1/s1. The Morgan fingerprint density at radius 1 is 1.06 bits per heavy atom. The Balaban J connectivity index is 2.39. The maximum atomic E-state index is 13.4. The van der Waals surface area contributed by atoms with Crippen LogP contribution in [0.3, 0.4) is 0 Å². The first-order valence-electron chi connectivity index (χ1n) is 11.1. The van der Waals surface area contributed by atoms with E-state index >= 15 is 0 Å². The predicted octanol–water partition coefficient (Wildman–Crippen LogP) is 5.88. The van der Waals surface area contributed by atoms with Crippen LogP contribution in [-0.2, 0) is 11.3 Å². The molecule has 2 aromatic rings. The normalized spacial score (nSPS) is 12.2. The highest BCUT2D eigenvalue weighted by atomic mass is 32.1. The van der Waals surface area contributed by atoms with Gasteiger partial charge in [0, 0.05) is 44.0 Å². The number of thiophene rings is 1. The molecule has 0 radical (unpaired) electrons. The zero-order valence-corrected chi connectivity index (χ0v) is 20.8. The van der Waals surface area contributed by atoms with E-state index in [2.05, 4.69) is 44.8 Å². The molecule has 0 bridgehead atoms. The second kappa shape index (κ2) is 11.3. The van der Waals surface area contributed by atoms with E-state index < -0.39 is 0 Å². The fourth-order valence-electron chi connectivity index (χ4n) is 3.67. The molecule has 0 unspecified atom stereocenters. The average molecular weight is 444 g/mol. The van der Waals surface area contributed by atoms with Crippen molar-refractivity contribution in [2.75, 3.05) is 24.3 Å². The molecule has 170 valence electrons. The molecule has 0 aliphatic heterocycles. The van der Waals surface area contributed by atoms with Gasteiger partial charge in [-0.1, -0.05) is 33.8 Å². The molecule has 6 heteroatoms. The van der Waals surface area contributed by atoms with Crippen LogP contribution in [0, 0.1) is 11.8 Å². The van der Waals surface area contributed by atoms with Crippen LogP contribution in [0.25, 0.3) is 0 Å². The van der Waals surface area contributed by atoms with Crippen molar-refractivity contribution in [2.45, 2.75) is 60.0 Å². The number of carbonyl (C=O) groups is 2. The van der Waals surface area contributed by atoms with Crippen molar-refractivity contribution < 1.29 is 9.59 Å². The van der Waals surface area contributed by atoms with Crippen LogP contribution < -0.4 is 10.2 Å². The molecule has 2 rings (SSSR count). The molecule has 5 nitrogen and oxygen atoms in total. The summed E-state index contributed by atoms with van der Waals surface area (Å²) in [6, 6.07) is 9.74. The number of amides is 2. The quantitative estimate of drug-likeness (QED) is 0.499. The summed E-state index contributed by atoms with van der Waals surface area (Å²) in [6.07, 6.45) is 1.68. The van der Waals surface area contributed by atoms with Crippen LogP contribution in [0.5, 0.6) is 0 Å². The van der Waals surface area contributed by atoms with Gasteiger partial charge < -0.3 is 15.1 Å². The second-order valence-corrected chi connectivity index (χ2v) is 9.58. The summed E-state index contributed by atoms with van der Waals surface area (Å²) in [7, 11) is 4.00. The fraction of sp³-hybridized carbons (Fsp3) is 0.520. The van der Waals surface area contributed by atoms with Crippen LogP contribution in [0.15, 0.2) is 35.7 Å². The van der Waals surface area contributed by atoms with E-state index in [4.69, 9.17) is 0 Å². The third-order valence-electron chi connectivity index (χ3n) is 5.98. The Morgan fingerprint density at radius 3 is 2.26 bits per heavy atom. The van der Waals surface area contributed by atoms with Gasteiger partial charge in [0.25, 0.3) is 5.91 Å². The number of anilines is 2. The van der Waals surface area contributed by atoms with Gasteiger partial charge in [-0.15, -0.1) is 11.3 Å². The molecular weight excluding hydrogens is 406 g/mol. The van der Waals surface area contributed by atoms with Crippen LogP contribution in [0.2, 0.25) is 0 Å². The van der Waals surface area contributed by atoms with Gasteiger partial charge in [0.15, 0.2) is 0 Å². The Hall–Kier alpha value is -2.34. The number of nitrogens with one attached hydrogen (secondary N) is 1. The average Bonchev–Trinajstić information content (AvgIpc) is 3.27. The summed E-state index contributed by atoms with van der Waals surface area (Å²) in [5.74, 6) is 0.483. The van der Waals surface area contributed by atoms with E-state index in [0.717, 1.165) is 29.8 Å². The molecule has 1 aromatic heterocycles. The lowest BCUT2D eigenvalue weighted by Gasteiger charge is -2.35. The van der Waals surface area contributed by atoms with Crippen molar-refractivity contribution >= 4 is 34.5 Å². The van der Waals surface area contributed by atoms with E-state index in [1.165, 1.54) is 11.3 Å². The van der Waals surface area contributed by atoms with Gasteiger partial charge in [-0.05, 0) is 60.9 Å². The van der Waals surface area contributed by atoms with E-state index in [-0.39, 0.29) is 23.8 Å². The third kappa shape index (κ3) is 6.33. The fourth-order valence-corrected chi connectivity index (χ4v) is 4.28. The topological polar surface area (TPSA) is 52.7 Å². The van der Waals surface area contributed by atoms with Gasteiger partial charge in [-0.2, -0.15) is 0 Å². The molecule has 1 aromatic carbocycles. The van der Waals surface area contributed by atoms with Gasteiger partial charge in [-0.3, -0.25) is 9.59 Å². The highest BCUT2D eigenvalue weighted by molar-refractivity contribution is 7.12. The van der Waals surface area contributed by atoms with Gasteiger partial charge in [0.1, 0.15) is 0 Å². The second-order valence-electron chi connectivity index (χ2n) is 8.63. The molecule has 31 heavy (non-hydrogen) atoms. The Labute approximate surface area is 191 Å². The van der Waals surface area contributed by atoms with Crippen molar-refractivity contribution in [3.8, 4) is 0 Å². The molecule has 0 saturated carbocycles. The minimum Gasteiger partial charge on any atom is -0.377 e. The number of hydrogen-bond acceptors (Lipinski definition) is 4. The van der Waals surface area contributed by atoms with E-state index in [1.54, 1.807) is 0 Å². The summed E-state index contributed by atoms with van der Waals surface area (Å²) < 4.78 is 0. The van der Waals surface area contributed by atoms with Crippen molar-refractivity contribution in [1.82, 2.24) is 4.90 Å². The molecule has 2 amide bonds. The van der Waals surface area contributed by atoms with E-state index in [1.807, 2.05) is 54.7 Å². The Morgan fingerprint density at radius 2 is 1.74 bits per heavy atom. The summed E-state index contributed by atoms with van der Waals surface area (Å²) in [6.45, 7) is 11.1. The minimum absolute atomic E-state index is 0.0331. The van der Waals surface area contributed by atoms with E-state index in [9.17, 15) is 9.59 Å². The van der Waals surface area contributed by atoms with Crippen LogP contribution in [0.4, 0.5) is 11.4 Å². The van der Waals surface area contributed by atoms with E-state index in [0.29, 0.717) is 17.3 Å². The minimum atomic E-state index is -0.112. The molecule has 1 heterocycles. The van der Waals surface area contributed by atoms with Crippen molar-refractivity contribution in [2.24, 2.45) is 11.8 Å². The zero-order valence-electron chi connectivity index (χ0n) is 19.9. The molecule has 1 atom stereocenters. The zero-order chi connectivity index (χ0) is 23.1. The summed E-state index contributed by atoms with van der Waals surface area (Å²) in [5, 5.41) is 4.89. The highest BCUT2D eigenvalue weighted by Crippen LogP contribution is 2.28. The van der Waals surface area contributed by atoms with Gasteiger partial charge in [-0.25, -0.2) is 0 Å².